The van der Waals surface area contributed by atoms with Crippen molar-refractivity contribution >= 4 is 19.8 Å². The molecule has 332 valence electrons. The molecule has 0 aromatic carbocycles. The molecule has 0 amide bonds. The lowest BCUT2D eigenvalue weighted by Crippen LogP contribution is -2.34. The van der Waals surface area contributed by atoms with Crippen LogP contribution in [0.25, 0.3) is 0 Å². The Morgan fingerprint density at radius 2 is 0.932 bits per heavy atom. The molecule has 0 aromatic rings. The summed E-state index contributed by atoms with van der Waals surface area (Å²) >= 11 is 0. The van der Waals surface area contributed by atoms with Crippen molar-refractivity contribution in [3.63, 3.8) is 0 Å². The molecule has 0 radical (unpaired) electrons. The van der Waals surface area contributed by atoms with Gasteiger partial charge in [-0.25, -0.2) is 4.57 Å². The van der Waals surface area contributed by atoms with Crippen LogP contribution in [0, 0.1) is 0 Å². The van der Waals surface area contributed by atoms with Gasteiger partial charge < -0.3 is 25.2 Å². The summed E-state index contributed by atoms with van der Waals surface area (Å²) < 4.78 is 33.2. The molecular formula is C48H76NO9P. The molecule has 0 aliphatic heterocycles. The number of carbonyl (C=O) groups excluding carboxylic acids is 1. The number of hydrogen-bond acceptors (Lipinski definition) is 8. The highest BCUT2D eigenvalue weighted by Crippen LogP contribution is 2.43. The van der Waals surface area contributed by atoms with E-state index in [1.165, 1.54) is 0 Å². The number of allylic oxidation sites excluding steroid dienone is 20. The van der Waals surface area contributed by atoms with Gasteiger partial charge in [-0.3, -0.25) is 18.6 Å². The Labute approximate surface area is 356 Å². The molecule has 0 aromatic heterocycles. The number of unbranched alkanes of at least 4 members (excludes halogenated alkanes) is 5. The van der Waals surface area contributed by atoms with Gasteiger partial charge in [0.15, 0.2) is 0 Å². The van der Waals surface area contributed by atoms with Gasteiger partial charge in [-0.2, -0.15) is 0 Å². The Morgan fingerprint density at radius 3 is 1.36 bits per heavy atom. The van der Waals surface area contributed by atoms with E-state index in [1.807, 2.05) is 0 Å². The molecule has 4 N–H and O–H groups in total. The number of rotatable bonds is 39. The number of nitrogens with two attached hydrogens (primary N) is 1. The maximum atomic E-state index is 12.6. The Kier molecular flexibility index (Phi) is 39.9. The molecular weight excluding hydrogens is 765 g/mol. The van der Waals surface area contributed by atoms with Crippen LogP contribution in [0.3, 0.4) is 0 Å². The summed E-state index contributed by atoms with van der Waals surface area (Å²) in [5.41, 5.74) is 5.35. The van der Waals surface area contributed by atoms with Crippen molar-refractivity contribution in [3.8, 4) is 0 Å². The number of carboxylic acids is 1. The molecule has 0 spiro atoms. The molecule has 0 fully saturated rings. The molecule has 0 heterocycles. The lowest BCUT2D eigenvalue weighted by atomic mass is 10.2. The van der Waals surface area contributed by atoms with Crippen LogP contribution in [-0.2, 0) is 32.7 Å². The Morgan fingerprint density at radius 1 is 0.542 bits per heavy atom. The molecule has 11 heteroatoms. The second-order valence-electron chi connectivity index (χ2n) is 13.7. The van der Waals surface area contributed by atoms with Gasteiger partial charge in [0.05, 0.1) is 19.8 Å². The van der Waals surface area contributed by atoms with Gasteiger partial charge >= 0.3 is 19.8 Å². The minimum atomic E-state index is -4.65. The van der Waals surface area contributed by atoms with Crippen LogP contribution in [-0.4, -0.2) is 60.5 Å². The first kappa shape index (κ1) is 55.4. The van der Waals surface area contributed by atoms with Gasteiger partial charge in [0.25, 0.3) is 0 Å². The zero-order valence-corrected chi connectivity index (χ0v) is 36.9. The van der Waals surface area contributed by atoms with E-state index in [0.717, 1.165) is 103 Å². The summed E-state index contributed by atoms with van der Waals surface area (Å²) in [4.78, 5) is 33.5. The smallest absolute Gasteiger partial charge is 0.472 e. The molecule has 0 aliphatic rings. The van der Waals surface area contributed by atoms with E-state index < -0.39 is 45.1 Å². The fourth-order valence-electron chi connectivity index (χ4n) is 4.95. The molecule has 0 aliphatic carbocycles. The quantitative estimate of drug-likeness (QED) is 0.0236. The summed E-state index contributed by atoms with van der Waals surface area (Å²) in [6.07, 6.45) is 58.3. The molecule has 3 atom stereocenters. The number of carboxylic acid groups (broad SMARTS) is 1. The predicted molar refractivity (Wildman–Crippen MR) is 244 cm³/mol. The molecule has 0 bridgehead atoms. The third-order valence-corrected chi connectivity index (χ3v) is 9.19. The molecule has 0 saturated carbocycles. The number of esters is 1. The minimum absolute atomic E-state index is 0.0323. The first-order valence-electron chi connectivity index (χ1n) is 21.6. The van der Waals surface area contributed by atoms with Crippen LogP contribution in [0.4, 0.5) is 0 Å². The topological polar surface area (TPSA) is 155 Å². The maximum Gasteiger partial charge on any atom is 0.472 e. The van der Waals surface area contributed by atoms with Crippen molar-refractivity contribution in [2.75, 3.05) is 26.4 Å². The van der Waals surface area contributed by atoms with Crippen LogP contribution in [0.1, 0.15) is 129 Å². The standard InChI is InChI=1S/C48H76NO9P/c1-3-5-7-9-11-13-15-17-19-20-21-22-23-24-25-27-29-31-33-35-37-39-41-55-42-45(43-56-59(53,54)57-44-46(49)48(51)52)58-47(50)40-38-36-34-32-30-28-26-18-16-14-12-10-8-6-4-2/h5-8,11-14,17-19,21-22,24-26,29-32,45-46H,3-4,9-10,15-16,20,23,27-28,33-44,49H2,1-2H3,(H,51,52)(H,53,54)/b7-5-,8-6-,13-11-,14-12-,19-17-,22-21-,25-24-,26-18-,31-29-,32-30-. The summed E-state index contributed by atoms with van der Waals surface area (Å²) in [6.45, 7) is 3.47. The third kappa shape index (κ3) is 42.3. The second kappa shape index (κ2) is 42.5. The van der Waals surface area contributed by atoms with Crippen molar-refractivity contribution < 1.29 is 42.7 Å². The van der Waals surface area contributed by atoms with Gasteiger partial charge in [0, 0.05) is 13.0 Å². The molecule has 59 heavy (non-hydrogen) atoms. The normalized spacial score (nSPS) is 15.1. The fourth-order valence-corrected chi connectivity index (χ4v) is 5.73. The largest absolute Gasteiger partial charge is 0.480 e. The Balaban J connectivity index is 4.40. The Bertz CT molecular complexity index is 1390. The van der Waals surface area contributed by atoms with Crippen LogP contribution in [0.15, 0.2) is 122 Å². The van der Waals surface area contributed by atoms with E-state index >= 15 is 0 Å². The van der Waals surface area contributed by atoms with E-state index in [4.69, 9.17) is 29.4 Å². The first-order valence-corrected chi connectivity index (χ1v) is 23.1. The number of phosphoric ester groups is 1. The number of aliphatic carboxylic acids is 1. The number of hydrogen-bond donors (Lipinski definition) is 3. The van der Waals surface area contributed by atoms with E-state index in [1.54, 1.807) is 0 Å². The summed E-state index contributed by atoms with van der Waals surface area (Å²) in [5, 5.41) is 8.89. The van der Waals surface area contributed by atoms with Crippen molar-refractivity contribution in [2.24, 2.45) is 5.73 Å². The van der Waals surface area contributed by atoms with E-state index in [9.17, 15) is 19.0 Å². The predicted octanol–water partition coefficient (Wildman–Crippen LogP) is 12.1. The van der Waals surface area contributed by atoms with E-state index in [0.29, 0.717) is 13.0 Å². The highest BCUT2D eigenvalue weighted by molar-refractivity contribution is 7.47. The zero-order chi connectivity index (χ0) is 43.3. The molecule has 10 nitrogen and oxygen atoms in total. The minimum Gasteiger partial charge on any atom is -0.480 e. The number of carbonyl (C=O) groups is 2. The van der Waals surface area contributed by atoms with Crippen molar-refractivity contribution in [1.29, 1.82) is 0 Å². The SMILES string of the molecule is CC/C=C\C/C=C\C/C=C\C/C=C\C/C=C\C/C=C\CCCCCOCC(COP(=O)(O)OCC(N)C(=O)O)OC(=O)CCCC/C=C\C/C=C\C/C=C\C/C=C\CC. The van der Waals surface area contributed by atoms with Crippen molar-refractivity contribution in [3.05, 3.63) is 122 Å². The highest BCUT2D eigenvalue weighted by atomic mass is 31.2. The van der Waals surface area contributed by atoms with Crippen molar-refractivity contribution in [1.82, 2.24) is 0 Å². The molecule has 0 saturated heterocycles. The number of phosphoric acid groups is 1. The van der Waals surface area contributed by atoms with E-state index in [2.05, 4.69) is 135 Å². The monoisotopic (exact) mass is 842 g/mol. The summed E-state index contributed by atoms with van der Waals surface area (Å²) in [6, 6.07) is -1.49. The second-order valence-corrected chi connectivity index (χ2v) is 15.2. The molecule has 0 rings (SSSR count). The third-order valence-electron chi connectivity index (χ3n) is 8.24. The van der Waals surface area contributed by atoms with Gasteiger partial charge in [-0.15, -0.1) is 0 Å². The van der Waals surface area contributed by atoms with Gasteiger partial charge in [0.2, 0.25) is 0 Å². The van der Waals surface area contributed by atoms with Crippen LogP contribution >= 0.6 is 7.82 Å². The average molecular weight is 842 g/mol. The maximum absolute atomic E-state index is 12.6. The van der Waals surface area contributed by atoms with Crippen LogP contribution < -0.4 is 5.73 Å². The first-order chi connectivity index (χ1) is 28.7. The van der Waals surface area contributed by atoms with Crippen molar-refractivity contribution in [2.45, 2.75) is 142 Å². The van der Waals surface area contributed by atoms with Crippen LogP contribution in [0.5, 0.6) is 0 Å². The fraction of sp³-hybridized carbons (Fsp3) is 0.542. The average Bonchev–Trinajstić information content (AvgIpc) is 3.21. The highest BCUT2D eigenvalue weighted by Gasteiger charge is 2.27. The zero-order valence-electron chi connectivity index (χ0n) is 36.0. The number of ether oxygens (including phenoxy) is 2. The van der Waals surface area contributed by atoms with Gasteiger partial charge in [-0.05, 0) is 103 Å². The lowest BCUT2D eigenvalue weighted by Gasteiger charge is -2.20. The van der Waals surface area contributed by atoms with Gasteiger partial charge in [-0.1, -0.05) is 142 Å². The lowest BCUT2D eigenvalue weighted by molar-refractivity contribution is -0.154. The van der Waals surface area contributed by atoms with Gasteiger partial charge in [0.1, 0.15) is 12.1 Å². The summed E-state index contributed by atoms with van der Waals surface area (Å²) in [7, 11) is -4.65. The van der Waals surface area contributed by atoms with Crippen LogP contribution in [0.2, 0.25) is 0 Å². The van der Waals surface area contributed by atoms with E-state index in [-0.39, 0.29) is 13.0 Å². The Hall–Kier alpha value is -3.63. The molecule has 3 unspecified atom stereocenters. The summed E-state index contributed by atoms with van der Waals surface area (Å²) in [5.74, 6) is -1.85.